The molecule has 0 aliphatic carbocycles. The van der Waals surface area contributed by atoms with Crippen LogP contribution in [-0.2, 0) is 28.6 Å². The SMILES string of the molecule is CC/C=C\C/C=C\C/C=C\CCCCCCCC(=O)OCC(COC(=O)CCCCCCCCCCCCCCCCCCCCCCCCCCCCC)OC(=O)CCCCCCCCCCCCCCCCCCCCCCC. The van der Waals surface area contributed by atoms with Crippen molar-refractivity contribution in [2.45, 2.75) is 412 Å². The van der Waals surface area contributed by atoms with Crippen LogP contribution in [0.5, 0.6) is 0 Å². The number of hydrogen-bond acceptors (Lipinski definition) is 6. The second-order valence-electron chi connectivity index (χ2n) is 24.8. The molecule has 0 saturated carbocycles. The van der Waals surface area contributed by atoms with Gasteiger partial charge in [0.05, 0.1) is 0 Å². The number of allylic oxidation sites excluding steroid dienone is 6. The molecule has 476 valence electrons. The Labute approximate surface area is 506 Å². The Morgan fingerprint density at radius 2 is 0.481 bits per heavy atom. The van der Waals surface area contributed by atoms with E-state index in [2.05, 4.69) is 57.2 Å². The molecule has 0 aliphatic heterocycles. The molecule has 1 unspecified atom stereocenters. The molecular weight excluding hydrogens is 997 g/mol. The van der Waals surface area contributed by atoms with Crippen LogP contribution in [0, 0.1) is 0 Å². The number of carbonyl (C=O) groups is 3. The molecule has 0 amide bonds. The van der Waals surface area contributed by atoms with E-state index in [-0.39, 0.29) is 31.1 Å². The molecule has 0 heterocycles. The summed E-state index contributed by atoms with van der Waals surface area (Å²) in [4.78, 5) is 38.5. The van der Waals surface area contributed by atoms with Crippen molar-refractivity contribution >= 4 is 17.9 Å². The topological polar surface area (TPSA) is 78.9 Å². The van der Waals surface area contributed by atoms with Gasteiger partial charge >= 0.3 is 17.9 Å². The largest absolute Gasteiger partial charge is 0.462 e. The minimum absolute atomic E-state index is 0.0717. The van der Waals surface area contributed by atoms with Crippen LogP contribution in [0.15, 0.2) is 36.5 Å². The van der Waals surface area contributed by atoms with Gasteiger partial charge in [-0.3, -0.25) is 14.4 Å². The summed E-state index contributed by atoms with van der Waals surface area (Å²) in [6.07, 6.45) is 87.6. The van der Waals surface area contributed by atoms with Gasteiger partial charge in [0.25, 0.3) is 0 Å². The maximum atomic E-state index is 13.0. The summed E-state index contributed by atoms with van der Waals surface area (Å²) in [5, 5.41) is 0. The highest BCUT2D eigenvalue weighted by atomic mass is 16.6. The average Bonchev–Trinajstić information content (AvgIpc) is 3.47. The van der Waals surface area contributed by atoms with Crippen LogP contribution in [0.2, 0.25) is 0 Å². The zero-order valence-electron chi connectivity index (χ0n) is 54.8. The first-order valence-electron chi connectivity index (χ1n) is 36.5. The van der Waals surface area contributed by atoms with Gasteiger partial charge in [0.15, 0.2) is 6.10 Å². The Morgan fingerprint density at radius 3 is 0.753 bits per heavy atom. The molecule has 1 atom stereocenters. The Balaban J connectivity index is 4.23. The Hall–Kier alpha value is -2.37. The number of hydrogen-bond donors (Lipinski definition) is 0. The van der Waals surface area contributed by atoms with Gasteiger partial charge in [-0.25, -0.2) is 0 Å². The molecule has 0 radical (unpaired) electrons. The monoisotopic (exact) mass is 1140 g/mol. The Kier molecular flexibility index (Phi) is 68.1. The van der Waals surface area contributed by atoms with E-state index in [1.54, 1.807) is 0 Å². The van der Waals surface area contributed by atoms with Gasteiger partial charge in [0.2, 0.25) is 0 Å². The van der Waals surface area contributed by atoms with Crippen molar-refractivity contribution in [3.05, 3.63) is 36.5 Å². The van der Waals surface area contributed by atoms with E-state index in [0.717, 1.165) is 96.3 Å². The van der Waals surface area contributed by atoms with E-state index in [9.17, 15) is 14.4 Å². The minimum Gasteiger partial charge on any atom is -0.462 e. The lowest BCUT2D eigenvalue weighted by Crippen LogP contribution is -2.30. The lowest BCUT2D eigenvalue weighted by molar-refractivity contribution is -0.167. The van der Waals surface area contributed by atoms with E-state index in [1.165, 1.54) is 270 Å². The normalized spacial score (nSPS) is 12.2. The van der Waals surface area contributed by atoms with Crippen molar-refractivity contribution in [3.8, 4) is 0 Å². The molecule has 0 spiro atoms. The van der Waals surface area contributed by atoms with Gasteiger partial charge in [-0.05, 0) is 51.4 Å². The zero-order valence-corrected chi connectivity index (χ0v) is 54.8. The van der Waals surface area contributed by atoms with Crippen LogP contribution in [0.4, 0.5) is 0 Å². The van der Waals surface area contributed by atoms with Gasteiger partial charge in [0.1, 0.15) is 13.2 Å². The zero-order chi connectivity index (χ0) is 58.5. The van der Waals surface area contributed by atoms with Crippen molar-refractivity contribution in [1.82, 2.24) is 0 Å². The van der Waals surface area contributed by atoms with E-state index < -0.39 is 6.10 Å². The number of unbranched alkanes of at least 4 members (excludes halogenated alkanes) is 51. The summed E-state index contributed by atoms with van der Waals surface area (Å²) in [6.45, 7) is 6.60. The summed E-state index contributed by atoms with van der Waals surface area (Å²) in [6, 6.07) is 0. The molecule has 81 heavy (non-hydrogen) atoms. The third kappa shape index (κ3) is 68.3. The maximum absolute atomic E-state index is 13.0. The average molecular weight is 1140 g/mol. The van der Waals surface area contributed by atoms with Gasteiger partial charge in [-0.2, -0.15) is 0 Å². The van der Waals surface area contributed by atoms with E-state index in [4.69, 9.17) is 14.2 Å². The van der Waals surface area contributed by atoms with Crippen LogP contribution in [0.1, 0.15) is 406 Å². The van der Waals surface area contributed by atoms with Crippen LogP contribution < -0.4 is 0 Å². The molecule has 0 aromatic heterocycles. The fourth-order valence-electron chi connectivity index (χ4n) is 11.2. The van der Waals surface area contributed by atoms with Crippen LogP contribution >= 0.6 is 0 Å². The second kappa shape index (κ2) is 70.1. The lowest BCUT2D eigenvalue weighted by Gasteiger charge is -2.18. The van der Waals surface area contributed by atoms with Crippen molar-refractivity contribution in [2.75, 3.05) is 13.2 Å². The van der Waals surface area contributed by atoms with Gasteiger partial charge < -0.3 is 14.2 Å². The molecule has 0 aromatic rings. The first-order chi connectivity index (χ1) is 40.0. The Bertz CT molecular complexity index is 1350. The van der Waals surface area contributed by atoms with Crippen molar-refractivity contribution in [3.63, 3.8) is 0 Å². The lowest BCUT2D eigenvalue weighted by atomic mass is 10.0. The summed E-state index contributed by atoms with van der Waals surface area (Å²) in [5.41, 5.74) is 0. The number of ether oxygens (including phenoxy) is 3. The van der Waals surface area contributed by atoms with Crippen LogP contribution in [0.3, 0.4) is 0 Å². The first-order valence-corrected chi connectivity index (χ1v) is 36.5. The van der Waals surface area contributed by atoms with Crippen molar-refractivity contribution in [2.24, 2.45) is 0 Å². The molecule has 0 saturated heterocycles. The smallest absolute Gasteiger partial charge is 0.306 e. The predicted molar refractivity (Wildman–Crippen MR) is 353 cm³/mol. The fourth-order valence-corrected chi connectivity index (χ4v) is 11.2. The number of carbonyl (C=O) groups excluding carboxylic acids is 3. The quantitative estimate of drug-likeness (QED) is 0.0261. The maximum Gasteiger partial charge on any atom is 0.306 e. The molecule has 0 rings (SSSR count). The molecule has 0 aliphatic rings. The van der Waals surface area contributed by atoms with E-state index >= 15 is 0 Å². The molecule has 0 fully saturated rings. The standard InChI is InChI=1S/C75H140O6/c1-4-7-10-13-16-19-22-25-28-30-32-34-35-36-37-38-39-41-42-44-47-50-53-56-59-62-65-68-74(77)80-71-72(70-79-73(76)67-64-61-58-55-52-49-46-27-24-21-18-15-12-9-6-3)81-75(78)69-66-63-60-57-54-51-48-45-43-40-33-31-29-26-23-20-17-14-11-8-5-2/h9,12,18,21,27,46,72H,4-8,10-11,13-17,19-20,22-26,28-45,47-71H2,1-3H3/b12-9-,21-18-,46-27-. The molecule has 0 bridgehead atoms. The molecule has 6 heteroatoms. The second-order valence-corrected chi connectivity index (χ2v) is 24.8. The third-order valence-electron chi connectivity index (χ3n) is 16.7. The summed E-state index contributed by atoms with van der Waals surface area (Å²) in [5.74, 6) is -0.857. The third-order valence-corrected chi connectivity index (χ3v) is 16.7. The predicted octanol–water partition coefficient (Wildman–Crippen LogP) is 25.1. The highest BCUT2D eigenvalue weighted by Crippen LogP contribution is 2.19. The first kappa shape index (κ1) is 78.6. The van der Waals surface area contributed by atoms with E-state index in [1.807, 2.05) is 0 Å². The molecular formula is C75H140O6. The summed E-state index contributed by atoms with van der Waals surface area (Å²) in [7, 11) is 0. The molecule has 0 N–H and O–H groups in total. The summed E-state index contributed by atoms with van der Waals surface area (Å²) < 4.78 is 17.0. The highest BCUT2D eigenvalue weighted by Gasteiger charge is 2.19. The summed E-state index contributed by atoms with van der Waals surface area (Å²) >= 11 is 0. The number of rotatable bonds is 68. The van der Waals surface area contributed by atoms with Gasteiger partial charge in [0, 0.05) is 19.3 Å². The Morgan fingerprint density at radius 1 is 0.259 bits per heavy atom. The minimum atomic E-state index is -0.777. The molecule has 6 nitrogen and oxygen atoms in total. The van der Waals surface area contributed by atoms with Gasteiger partial charge in [-0.15, -0.1) is 0 Å². The van der Waals surface area contributed by atoms with Crippen LogP contribution in [-0.4, -0.2) is 37.2 Å². The van der Waals surface area contributed by atoms with Crippen molar-refractivity contribution < 1.29 is 28.6 Å². The van der Waals surface area contributed by atoms with Gasteiger partial charge in [-0.1, -0.05) is 372 Å². The fraction of sp³-hybridized carbons (Fsp3) is 0.880. The highest BCUT2D eigenvalue weighted by molar-refractivity contribution is 5.71. The molecule has 0 aromatic carbocycles. The number of esters is 3. The van der Waals surface area contributed by atoms with Crippen LogP contribution in [0.25, 0.3) is 0 Å². The van der Waals surface area contributed by atoms with Crippen molar-refractivity contribution in [1.29, 1.82) is 0 Å². The van der Waals surface area contributed by atoms with E-state index in [0.29, 0.717) is 19.3 Å².